The van der Waals surface area contributed by atoms with Gasteiger partial charge in [0.05, 0.1) is 11.2 Å². The van der Waals surface area contributed by atoms with E-state index < -0.39 is 0 Å². The Kier molecular flexibility index (Phi) is 24.5. The van der Waals surface area contributed by atoms with Crippen molar-refractivity contribution < 1.29 is 21.5 Å². The summed E-state index contributed by atoms with van der Waals surface area (Å²) in [7, 11) is 0. The van der Waals surface area contributed by atoms with E-state index in [-0.39, 0.29) is 22.4 Å². The van der Waals surface area contributed by atoms with E-state index >= 15 is 0 Å². The van der Waals surface area contributed by atoms with Gasteiger partial charge in [-0.1, -0.05) is 174 Å². The Hall–Kier alpha value is -1.94. The minimum atomic E-state index is 0. The lowest BCUT2D eigenvalue weighted by Crippen LogP contribution is -3.00. The molecule has 0 spiro atoms. The van der Waals surface area contributed by atoms with E-state index in [4.69, 9.17) is 0 Å². The number of benzene rings is 1. The van der Waals surface area contributed by atoms with Gasteiger partial charge in [0.2, 0.25) is 0 Å². The molecule has 3 aromatic rings. The van der Waals surface area contributed by atoms with Gasteiger partial charge in [-0.05, 0) is 25.0 Å². The quantitative estimate of drug-likeness (QED) is 0.0517. The van der Waals surface area contributed by atoms with Gasteiger partial charge < -0.3 is 21.5 Å². The summed E-state index contributed by atoms with van der Waals surface area (Å²) in [6, 6.07) is 14.5. The lowest BCUT2D eigenvalue weighted by Gasteiger charge is -2.17. The monoisotopic (exact) mass is 722 g/mol. The first-order valence-corrected chi connectivity index (χ1v) is 20.4. The van der Waals surface area contributed by atoms with Gasteiger partial charge in [-0.25, -0.2) is 4.57 Å². The van der Waals surface area contributed by atoms with Gasteiger partial charge >= 0.3 is 0 Å². The fraction of sp³-hybridized carbons (Fsp3) is 0.682. The summed E-state index contributed by atoms with van der Waals surface area (Å²) in [6.45, 7) is 6.62. The van der Waals surface area contributed by atoms with Crippen LogP contribution in [0.5, 0.6) is 0 Å². The first-order valence-electron chi connectivity index (χ1n) is 20.4. The number of hydrogen-bond acceptors (Lipinski definition) is 1. The van der Waals surface area contributed by atoms with E-state index in [1.54, 1.807) is 0 Å². The molecule has 0 fully saturated rings. The van der Waals surface area contributed by atoms with Gasteiger partial charge in [0.25, 0.3) is 0 Å². The fourth-order valence-electron chi connectivity index (χ4n) is 7.18. The zero-order chi connectivity index (χ0) is 33.2. The normalized spacial score (nSPS) is 11.3. The summed E-state index contributed by atoms with van der Waals surface area (Å²) < 4.78 is 4.72. The summed E-state index contributed by atoms with van der Waals surface area (Å²) in [6.07, 6.45) is 40.2. The van der Waals surface area contributed by atoms with Crippen LogP contribution in [0.25, 0.3) is 22.2 Å². The predicted molar refractivity (Wildman–Crippen MR) is 205 cm³/mol. The van der Waals surface area contributed by atoms with Crippen molar-refractivity contribution in [2.24, 2.45) is 0 Å². The van der Waals surface area contributed by atoms with E-state index in [1.165, 1.54) is 161 Å². The molecule has 4 heteroatoms. The Bertz CT molecular complexity index is 1250. The van der Waals surface area contributed by atoms with Crippen molar-refractivity contribution in [2.45, 2.75) is 194 Å². The van der Waals surface area contributed by atoms with Crippen molar-refractivity contribution in [3.8, 4) is 11.3 Å². The molecule has 0 aliphatic heterocycles. The van der Waals surface area contributed by atoms with Crippen LogP contribution < -0.4 is 27.0 Å². The van der Waals surface area contributed by atoms with E-state index in [9.17, 15) is 4.79 Å². The number of nitrogens with zero attached hydrogens (tertiary/aromatic N) is 2. The largest absolute Gasteiger partial charge is 1.00 e. The number of para-hydroxylation sites is 1. The van der Waals surface area contributed by atoms with Crippen LogP contribution in [-0.2, 0) is 13.1 Å². The zero-order valence-corrected chi connectivity index (χ0v) is 32.8. The van der Waals surface area contributed by atoms with Gasteiger partial charge in [0.15, 0.2) is 17.8 Å². The lowest BCUT2D eigenvalue weighted by atomic mass is 10.0. The maximum Gasteiger partial charge on any atom is 0.190 e. The molecule has 0 radical (unpaired) electrons. The van der Waals surface area contributed by atoms with Crippen molar-refractivity contribution in [2.75, 3.05) is 0 Å². The molecular formula is C44H71BrN2O. The molecule has 48 heavy (non-hydrogen) atoms. The SMILES string of the molecule is CCCCCCCCCCCCCCCn1c(-c2cc[n+](CCCCCCCCCCCCCCC)cc2)cc(=O)c2ccccc21.[Br-]. The van der Waals surface area contributed by atoms with E-state index in [1.807, 2.05) is 18.2 Å². The van der Waals surface area contributed by atoms with Gasteiger partial charge in [0.1, 0.15) is 6.54 Å². The highest BCUT2D eigenvalue weighted by Crippen LogP contribution is 2.23. The van der Waals surface area contributed by atoms with E-state index in [0.717, 1.165) is 41.7 Å². The van der Waals surface area contributed by atoms with Crippen molar-refractivity contribution in [1.82, 2.24) is 4.57 Å². The van der Waals surface area contributed by atoms with Crippen molar-refractivity contribution in [3.05, 3.63) is 65.1 Å². The summed E-state index contributed by atoms with van der Waals surface area (Å²) in [5, 5.41) is 0.833. The van der Waals surface area contributed by atoms with Crippen LogP contribution in [-0.4, -0.2) is 4.57 Å². The molecule has 2 aromatic heterocycles. The van der Waals surface area contributed by atoms with E-state index in [0.29, 0.717) is 0 Å². The Labute approximate surface area is 306 Å². The molecule has 0 aliphatic rings. The smallest absolute Gasteiger partial charge is 0.190 e. The van der Waals surface area contributed by atoms with Gasteiger partial charge in [0, 0.05) is 42.1 Å². The standard InChI is InChI=1S/C44H71N2O.BrH/c1-3-5-7-9-11-13-15-17-19-21-23-25-29-35-45-37-33-40(34-38-45)43-39-44(47)41-31-27-28-32-42(41)46(43)36-30-26-24-22-20-18-16-14-12-10-8-6-4-2;/h27-28,31-34,37-39H,3-26,29-30,35-36H2,1-2H3;1H/q+1;/p-1. The summed E-state index contributed by atoms with van der Waals surface area (Å²) in [4.78, 5) is 13.1. The van der Waals surface area contributed by atoms with Crippen molar-refractivity contribution in [1.29, 1.82) is 0 Å². The average molecular weight is 724 g/mol. The Morgan fingerprint density at radius 2 is 0.938 bits per heavy atom. The highest BCUT2D eigenvalue weighted by Gasteiger charge is 2.12. The van der Waals surface area contributed by atoms with Crippen LogP contribution in [0.2, 0.25) is 0 Å². The number of hydrogen-bond donors (Lipinski definition) is 0. The highest BCUT2D eigenvalue weighted by molar-refractivity contribution is 5.82. The number of pyridine rings is 2. The fourth-order valence-corrected chi connectivity index (χ4v) is 7.18. The molecule has 0 amide bonds. The third-order valence-electron chi connectivity index (χ3n) is 10.2. The predicted octanol–water partition coefficient (Wildman–Crippen LogP) is 10.1. The molecular weight excluding hydrogens is 652 g/mol. The number of halogens is 1. The molecule has 3 nitrogen and oxygen atoms in total. The number of aromatic nitrogens is 2. The first-order chi connectivity index (χ1) is 23.2. The molecule has 0 saturated heterocycles. The molecule has 270 valence electrons. The molecule has 0 unspecified atom stereocenters. The number of rotatable bonds is 29. The van der Waals surface area contributed by atoms with Crippen LogP contribution in [0, 0.1) is 0 Å². The van der Waals surface area contributed by atoms with Crippen molar-refractivity contribution >= 4 is 10.9 Å². The molecule has 0 atom stereocenters. The summed E-state index contributed by atoms with van der Waals surface area (Å²) in [5.41, 5.74) is 3.39. The maximum absolute atomic E-state index is 13.1. The van der Waals surface area contributed by atoms with Crippen LogP contribution in [0.3, 0.4) is 0 Å². The molecule has 1 aromatic carbocycles. The molecule has 0 bridgehead atoms. The molecule has 0 aliphatic carbocycles. The molecule has 0 saturated carbocycles. The van der Waals surface area contributed by atoms with Gasteiger partial charge in [-0.15, -0.1) is 0 Å². The second-order valence-corrected chi connectivity index (χ2v) is 14.4. The lowest BCUT2D eigenvalue weighted by molar-refractivity contribution is -0.697. The zero-order valence-electron chi connectivity index (χ0n) is 31.2. The van der Waals surface area contributed by atoms with Crippen molar-refractivity contribution in [3.63, 3.8) is 0 Å². The topological polar surface area (TPSA) is 25.9 Å². The van der Waals surface area contributed by atoms with Gasteiger partial charge in [-0.3, -0.25) is 4.79 Å². The number of fused-ring (bicyclic) bond motifs is 1. The van der Waals surface area contributed by atoms with Crippen LogP contribution in [0.1, 0.15) is 181 Å². The van der Waals surface area contributed by atoms with Crippen LogP contribution in [0.15, 0.2) is 59.7 Å². The second kappa shape index (κ2) is 27.8. The highest BCUT2D eigenvalue weighted by atomic mass is 79.9. The van der Waals surface area contributed by atoms with Crippen LogP contribution >= 0.6 is 0 Å². The third kappa shape index (κ3) is 17.1. The van der Waals surface area contributed by atoms with E-state index in [2.05, 4.69) is 59.6 Å². The molecule has 0 N–H and O–H groups in total. The van der Waals surface area contributed by atoms with Gasteiger partial charge in [-0.2, -0.15) is 0 Å². The first kappa shape index (κ1) is 42.2. The summed E-state index contributed by atoms with van der Waals surface area (Å²) >= 11 is 0. The molecule has 2 heterocycles. The Morgan fingerprint density at radius 1 is 0.521 bits per heavy atom. The second-order valence-electron chi connectivity index (χ2n) is 14.4. The number of unbranched alkanes of at least 4 members (excludes halogenated alkanes) is 24. The summed E-state index contributed by atoms with van der Waals surface area (Å²) in [5.74, 6) is 0. The average Bonchev–Trinajstić information content (AvgIpc) is 3.10. The molecule has 3 rings (SSSR count). The maximum atomic E-state index is 13.1. The van der Waals surface area contributed by atoms with Crippen LogP contribution in [0.4, 0.5) is 0 Å². The minimum absolute atomic E-state index is 0. The third-order valence-corrected chi connectivity index (χ3v) is 10.2. The number of aryl methyl sites for hydroxylation is 2. The Morgan fingerprint density at radius 3 is 1.42 bits per heavy atom. The Balaban J connectivity index is 0.00000800. The minimum Gasteiger partial charge on any atom is -1.00 e.